The van der Waals surface area contributed by atoms with Gasteiger partial charge in [0.15, 0.2) is 23.1 Å². The molecule has 0 radical (unpaired) electrons. The third-order valence-electron chi connectivity index (χ3n) is 7.05. The van der Waals surface area contributed by atoms with Gasteiger partial charge >= 0.3 is 12.4 Å². The monoisotopic (exact) mass is 586 g/mol. The van der Waals surface area contributed by atoms with Crippen molar-refractivity contribution in [2.24, 2.45) is 0 Å². The molecule has 6 rings (SSSR count). The van der Waals surface area contributed by atoms with E-state index in [2.05, 4.69) is 15.2 Å². The lowest BCUT2D eigenvalue weighted by Crippen LogP contribution is -2.45. The first-order valence-electron chi connectivity index (χ1n) is 12.6. The minimum atomic E-state index is -4.87. The summed E-state index contributed by atoms with van der Waals surface area (Å²) in [6.45, 7) is 0. The van der Waals surface area contributed by atoms with Crippen molar-refractivity contribution in [2.45, 2.75) is 30.9 Å². The lowest BCUT2D eigenvalue weighted by Gasteiger charge is -2.40. The standard InChI is InChI=1S/C28H20F6N6O2/c1-42-18-9-7-16(8-10-18)19-13-22(27(29,30)31)39-24(36-19)14-20(37-39)26(41)38-21(17-5-3-2-4-6-17)15-23(28(32,33)34)40-25(38)11-12-35-40/h2-14,21,23H,15H2,1H3/t21-,23+/m0/s1. The quantitative estimate of drug-likeness (QED) is 0.224. The maximum absolute atomic E-state index is 14.2. The summed E-state index contributed by atoms with van der Waals surface area (Å²) in [5.41, 5.74) is -1.14. The van der Waals surface area contributed by atoms with Crippen LogP contribution in [0.1, 0.15) is 40.3 Å². The van der Waals surface area contributed by atoms with Crippen molar-refractivity contribution in [2.75, 3.05) is 12.0 Å². The first kappa shape index (κ1) is 27.3. The van der Waals surface area contributed by atoms with Gasteiger partial charge in [0.2, 0.25) is 0 Å². The highest BCUT2D eigenvalue weighted by Gasteiger charge is 2.50. The molecular formula is C28H20F6N6O2. The Hall–Kier alpha value is -4.88. The molecule has 42 heavy (non-hydrogen) atoms. The van der Waals surface area contributed by atoms with Gasteiger partial charge in [-0.05, 0) is 35.9 Å². The molecule has 8 nitrogen and oxygen atoms in total. The van der Waals surface area contributed by atoms with Gasteiger partial charge in [-0.15, -0.1) is 0 Å². The van der Waals surface area contributed by atoms with Crippen LogP contribution in [-0.4, -0.2) is 43.6 Å². The van der Waals surface area contributed by atoms with Crippen LogP contribution < -0.4 is 9.64 Å². The molecule has 1 aliphatic heterocycles. The minimum absolute atomic E-state index is 0.0254. The van der Waals surface area contributed by atoms with E-state index < -0.39 is 48.2 Å². The van der Waals surface area contributed by atoms with E-state index in [9.17, 15) is 31.1 Å². The minimum Gasteiger partial charge on any atom is -0.497 e. The Labute approximate surface area is 233 Å². The molecule has 1 aliphatic rings. The van der Waals surface area contributed by atoms with E-state index in [1.807, 2.05) is 0 Å². The van der Waals surface area contributed by atoms with Crippen LogP contribution in [0.4, 0.5) is 32.2 Å². The van der Waals surface area contributed by atoms with Gasteiger partial charge in [-0.25, -0.2) is 14.2 Å². The highest BCUT2D eigenvalue weighted by molar-refractivity contribution is 6.05. The number of halogens is 6. The summed E-state index contributed by atoms with van der Waals surface area (Å²) in [6.07, 6.45) is -8.97. The zero-order valence-electron chi connectivity index (χ0n) is 21.6. The number of aromatic nitrogens is 5. The highest BCUT2D eigenvalue weighted by Crippen LogP contribution is 2.47. The zero-order chi connectivity index (χ0) is 29.8. The normalized spacial score (nSPS) is 17.4. The second-order valence-corrected chi connectivity index (χ2v) is 9.58. The number of alkyl halides is 6. The molecule has 3 aromatic heterocycles. The number of hydrogen-bond acceptors (Lipinski definition) is 5. The molecule has 0 unspecified atom stereocenters. The van der Waals surface area contributed by atoms with Crippen LogP contribution in [0.25, 0.3) is 16.9 Å². The maximum atomic E-state index is 14.2. The van der Waals surface area contributed by atoms with Crippen molar-refractivity contribution in [1.82, 2.24) is 24.4 Å². The number of ether oxygens (including phenoxy) is 1. The number of hydrogen-bond donors (Lipinski definition) is 0. The third-order valence-corrected chi connectivity index (χ3v) is 7.05. The Kier molecular flexibility index (Phi) is 6.43. The average Bonchev–Trinajstić information content (AvgIpc) is 3.62. The summed E-state index contributed by atoms with van der Waals surface area (Å²) < 4.78 is 91.0. The molecule has 0 saturated heterocycles. The lowest BCUT2D eigenvalue weighted by molar-refractivity contribution is -0.174. The molecule has 5 aromatic rings. The highest BCUT2D eigenvalue weighted by atomic mass is 19.4. The second-order valence-electron chi connectivity index (χ2n) is 9.58. The van der Waals surface area contributed by atoms with Gasteiger partial charge in [-0.3, -0.25) is 9.69 Å². The van der Waals surface area contributed by atoms with Gasteiger partial charge < -0.3 is 4.74 Å². The number of carbonyl (C=O) groups excluding carboxylic acids is 1. The summed E-state index contributed by atoms with van der Waals surface area (Å²) >= 11 is 0. The van der Waals surface area contributed by atoms with Crippen LogP contribution >= 0.6 is 0 Å². The molecule has 0 bridgehead atoms. The van der Waals surface area contributed by atoms with Crippen LogP contribution in [0.5, 0.6) is 5.75 Å². The largest absolute Gasteiger partial charge is 0.497 e. The Morgan fingerprint density at radius 3 is 2.31 bits per heavy atom. The molecule has 4 heterocycles. The predicted molar refractivity (Wildman–Crippen MR) is 138 cm³/mol. The van der Waals surface area contributed by atoms with Crippen molar-refractivity contribution in [3.05, 3.63) is 95.9 Å². The molecular weight excluding hydrogens is 566 g/mol. The fourth-order valence-corrected chi connectivity index (χ4v) is 5.11. The van der Waals surface area contributed by atoms with E-state index in [1.54, 1.807) is 42.5 Å². The van der Waals surface area contributed by atoms with E-state index in [-0.39, 0.29) is 17.2 Å². The number of amides is 1. The third kappa shape index (κ3) is 4.72. The van der Waals surface area contributed by atoms with Crippen LogP contribution in [0, 0.1) is 0 Å². The number of nitrogens with zero attached hydrogens (tertiary/aromatic N) is 6. The van der Waals surface area contributed by atoms with Crippen molar-refractivity contribution >= 4 is 17.4 Å². The molecule has 0 aliphatic carbocycles. The van der Waals surface area contributed by atoms with Crippen molar-refractivity contribution in [3.63, 3.8) is 0 Å². The first-order chi connectivity index (χ1) is 20.0. The van der Waals surface area contributed by atoms with E-state index in [4.69, 9.17) is 4.74 Å². The average molecular weight is 586 g/mol. The molecule has 0 spiro atoms. The van der Waals surface area contributed by atoms with Crippen LogP contribution in [0.2, 0.25) is 0 Å². The Morgan fingerprint density at radius 2 is 1.67 bits per heavy atom. The molecule has 14 heteroatoms. The van der Waals surface area contributed by atoms with E-state index >= 15 is 0 Å². The Balaban J connectivity index is 1.49. The van der Waals surface area contributed by atoms with Crippen molar-refractivity contribution in [1.29, 1.82) is 0 Å². The van der Waals surface area contributed by atoms with Crippen molar-refractivity contribution < 1.29 is 35.9 Å². The number of anilines is 1. The van der Waals surface area contributed by atoms with Crippen molar-refractivity contribution in [3.8, 4) is 17.0 Å². The number of benzene rings is 2. The summed E-state index contributed by atoms with van der Waals surface area (Å²) in [6, 6.07) is 14.3. The molecule has 2 aromatic carbocycles. The molecule has 2 atom stereocenters. The van der Waals surface area contributed by atoms with Gasteiger partial charge in [0.1, 0.15) is 11.6 Å². The molecule has 216 valence electrons. The lowest BCUT2D eigenvalue weighted by atomic mass is 9.94. The number of methoxy groups -OCH3 is 1. The Bertz CT molecular complexity index is 1760. The SMILES string of the molecule is COc1ccc(-c2cc(C(F)(F)F)n3nc(C(=O)N4c5ccnn5[C@@H](C(F)(F)F)C[C@H]4c4ccccc4)cc3n2)cc1. The van der Waals surface area contributed by atoms with Gasteiger partial charge in [0, 0.05) is 24.1 Å². The summed E-state index contributed by atoms with van der Waals surface area (Å²) in [5, 5.41) is 7.75. The summed E-state index contributed by atoms with van der Waals surface area (Å²) in [5.74, 6) is -0.576. The van der Waals surface area contributed by atoms with E-state index in [1.165, 1.54) is 25.3 Å². The Morgan fingerprint density at radius 1 is 0.952 bits per heavy atom. The maximum Gasteiger partial charge on any atom is 0.433 e. The summed E-state index contributed by atoms with van der Waals surface area (Å²) in [7, 11) is 1.45. The molecule has 1 amide bonds. The smallest absolute Gasteiger partial charge is 0.433 e. The van der Waals surface area contributed by atoms with Gasteiger partial charge in [0.25, 0.3) is 5.91 Å². The number of fused-ring (bicyclic) bond motifs is 2. The molecule has 0 N–H and O–H groups in total. The van der Waals surface area contributed by atoms with Crippen LogP contribution in [0.15, 0.2) is 79.0 Å². The van der Waals surface area contributed by atoms with Gasteiger partial charge in [-0.2, -0.15) is 36.5 Å². The molecule has 0 fully saturated rings. The van der Waals surface area contributed by atoms with Crippen LogP contribution in [-0.2, 0) is 6.18 Å². The zero-order valence-corrected chi connectivity index (χ0v) is 21.6. The topological polar surface area (TPSA) is 77.5 Å². The second kappa shape index (κ2) is 9.89. The first-order valence-corrected chi connectivity index (χ1v) is 12.6. The van der Waals surface area contributed by atoms with Gasteiger partial charge in [0.05, 0.1) is 25.0 Å². The fraction of sp³-hybridized carbons (Fsp3) is 0.214. The van der Waals surface area contributed by atoms with Crippen LogP contribution in [0.3, 0.4) is 0 Å². The number of rotatable bonds is 4. The molecule has 0 saturated carbocycles. The fourth-order valence-electron chi connectivity index (χ4n) is 5.11. The van der Waals surface area contributed by atoms with E-state index in [0.29, 0.717) is 26.1 Å². The summed E-state index contributed by atoms with van der Waals surface area (Å²) in [4.78, 5) is 19.4. The number of carbonyl (C=O) groups is 1. The van der Waals surface area contributed by atoms with E-state index in [0.717, 1.165) is 23.2 Å². The predicted octanol–water partition coefficient (Wildman–Crippen LogP) is 6.52. The van der Waals surface area contributed by atoms with Gasteiger partial charge in [-0.1, -0.05) is 30.3 Å².